The monoisotopic (exact) mass is 520 g/mol. The Morgan fingerprint density at radius 2 is 1.95 bits per heavy atom. The lowest BCUT2D eigenvalue weighted by Gasteiger charge is -2.31. The number of likely N-dealkylation sites (tertiary alicyclic amines) is 2. The molecule has 3 fully saturated rings. The Balaban J connectivity index is 1.46. The van der Waals surface area contributed by atoms with Gasteiger partial charge in [0.1, 0.15) is 17.7 Å². The lowest BCUT2D eigenvalue weighted by molar-refractivity contribution is -0.136. The number of nitriles is 2. The molecule has 2 heterocycles. The van der Waals surface area contributed by atoms with E-state index in [9.17, 15) is 24.9 Å². The fraction of sp³-hybridized carbons (Fsp3) is 0.607. The molecule has 1 saturated carbocycles. The molecule has 3 amide bonds. The van der Waals surface area contributed by atoms with Crippen LogP contribution < -0.4 is 10.6 Å². The highest BCUT2D eigenvalue weighted by Crippen LogP contribution is 2.46. The van der Waals surface area contributed by atoms with Crippen molar-refractivity contribution in [1.82, 2.24) is 20.4 Å². The zero-order chi connectivity index (χ0) is 27.8. The summed E-state index contributed by atoms with van der Waals surface area (Å²) in [5.41, 5.74) is 0.691. The Morgan fingerprint density at radius 3 is 2.61 bits per heavy atom. The SMILES string of the molecule is CC1[C@@H](C)CC(C#N)N1C(=O)C(CN[C@@H]1C(=O)N(Cc2cccc(C#N)c2)[C@@H]2C[C@@H]12)NC(=O)OC(C)(C)C. The van der Waals surface area contributed by atoms with E-state index in [1.807, 2.05) is 30.9 Å². The standard InChI is InChI=1S/C28H36N6O4/c1-16-9-20(13-30)34(17(16)2)25(35)22(32-27(37)38-28(3,4)5)14-31-24-21-11-23(21)33(26(24)36)15-19-8-6-7-18(10-19)12-29/h6-8,10,16-17,20-24,31H,9,11,14-15H2,1-5H3,(H,32,37)/t16-,17?,20?,21+,22?,23+,24-/m0/s1. The van der Waals surface area contributed by atoms with Crippen molar-refractivity contribution in [3.05, 3.63) is 35.4 Å². The minimum atomic E-state index is -1.00. The van der Waals surface area contributed by atoms with Gasteiger partial charge in [0, 0.05) is 31.1 Å². The lowest BCUT2D eigenvalue weighted by Crippen LogP contribution is -2.58. The summed E-state index contributed by atoms with van der Waals surface area (Å²) < 4.78 is 5.40. The van der Waals surface area contributed by atoms with E-state index in [1.54, 1.807) is 37.8 Å². The molecule has 38 heavy (non-hydrogen) atoms. The summed E-state index contributed by atoms with van der Waals surface area (Å²) in [6.07, 6.45) is 0.700. The highest BCUT2D eigenvalue weighted by atomic mass is 16.6. The molecule has 0 radical (unpaired) electrons. The van der Waals surface area contributed by atoms with E-state index in [4.69, 9.17) is 4.74 Å². The summed E-state index contributed by atoms with van der Waals surface area (Å²) in [7, 11) is 0. The van der Waals surface area contributed by atoms with Crippen LogP contribution in [0.1, 0.15) is 58.6 Å². The zero-order valence-electron chi connectivity index (χ0n) is 22.6. The first-order valence-electron chi connectivity index (χ1n) is 13.2. The molecule has 2 N–H and O–H groups in total. The number of fused-ring (bicyclic) bond motifs is 1. The number of hydrogen-bond donors (Lipinski definition) is 2. The third-order valence-corrected chi connectivity index (χ3v) is 7.72. The first-order valence-corrected chi connectivity index (χ1v) is 13.2. The third-order valence-electron chi connectivity index (χ3n) is 7.72. The summed E-state index contributed by atoms with van der Waals surface area (Å²) in [5.74, 6) is -0.156. The van der Waals surface area contributed by atoms with E-state index in [2.05, 4.69) is 22.8 Å². The minimum Gasteiger partial charge on any atom is -0.444 e. The molecule has 0 spiro atoms. The smallest absolute Gasteiger partial charge is 0.408 e. The lowest BCUT2D eigenvalue weighted by atomic mass is 10.0. The van der Waals surface area contributed by atoms with Crippen molar-refractivity contribution in [1.29, 1.82) is 10.5 Å². The number of carbonyl (C=O) groups excluding carboxylic acids is 3. The first kappa shape index (κ1) is 27.4. The van der Waals surface area contributed by atoms with E-state index in [1.165, 1.54) is 0 Å². The molecule has 10 heteroatoms. The summed E-state index contributed by atoms with van der Waals surface area (Å²) in [5, 5.41) is 24.8. The van der Waals surface area contributed by atoms with Gasteiger partial charge in [-0.05, 0) is 64.2 Å². The summed E-state index contributed by atoms with van der Waals surface area (Å²) in [6, 6.07) is 9.47. The summed E-state index contributed by atoms with van der Waals surface area (Å²) >= 11 is 0. The highest BCUT2D eigenvalue weighted by molar-refractivity contribution is 5.88. The van der Waals surface area contributed by atoms with Crippen LogP contribution in [0.15, 0.2) is 24.3 Å². The van der Waals surface area contributed by atoms with Gasteiger partial charge in [0.05, 0.1) is 23.7 Å². The van der Waals surface area contributed by atoms with Crippen molar-refractivity contribution in [2.45, 2.75) is 89.8 Å². The average molecular weight is 521 g/mol. The molecule has 10 nitrogen and oxygen atoms in total. The molecule has 2 aliphatic heterocycles. The molecule has 4 rings (SSSR count). The van der Waals surface area contributed by atoms with Gasteiger partial charge >= 0.3 is 6.09 Å². The second kappa shape index (κ2) is 10.6. The molecule has 0 aromatic heterocycles. The molecule has 1 aromatic rings. The quantitative estimate of drug-likeness (QED) is 0.562. The van der Waals surface area contributed by atoms with Gasteiger partial charge in [0.2, 0.25) is 11.8 Å². The molecule has 1 aromatic carbocycles. The molecular formula is C28H36N6O4. The van der Waals surface area contributed by atoms with Gasteiger partial charge in [-0.1, -0.05) is 19.1 Å². The predicted octanol–water partition coefficient (Wildman–Crippen LogP) is 2.29. The highest BCUT2D eigenvalue weighted by Gasteiger charge is 2.58. The topological polar surface area (TPSA) is 139 Å². The van der Waals surface area contributed by atoms with Crippen molar-refractivity contribution in [2.24, 2.45) is 11.8 Å². The van der Waals surface area contributed by atoms with Crippen molar-refractivity contribution in [3.8, 4) is 12.1 Å². The molecule has 3 unspecified atom stereocenters. The molecular weight excluding hydrogens is 484 g/mol. The maximum absolute atomic E-state index is 13.7. The predicted molar refractivity (Wildman–Crippen MR) is 138 cm³/mol. The van der Waals surface area contributed by atoms with Gasteiger partial charge < -0.3 is 25.2 Å². The van der Waals surface area contributed by atoms with Crippen LogP contribution in [-0.4, -0.2) is 70.1 Å². The Hall–Kier alpha value is -3.63. The fourth-order valence-corrected chi connectivity index (χ4v) is 5.58. The molecule has 7 atom stereocenters. The number of hydrogen-bond acceptors (Lipinski definition) is 7. The van der Waals surface area contributed by atoms with Crippen molar-refractivity contribution in [2.75, 3.05) is 6.54 Å². The summed E-state index contributed by atoms with van der Waals surface area (Å²) in [6.45, 7) is 9.58. The van der Waals surface area contributed by atoms with Crippen molar-refractivity contribution in [3.63, 3.8) is 0 Å². The number of benzene rings is 1. The van der Waals surface area contributed by atoms with Crippen LogP contribution in [0.25, 0.3) is 0 Å². The normalized spacial score (nSPS) is 28.8. The molecule has 1 aliphatic carbocycles. The third kappa shape index (κ3) is 5.76. The van der Waals surface area contributed by atoms with Crippen LogP contribution >= 0.6 is 0 Å². The Bertz CT molecular complexity index is 1180. The zero-order valence-corrected chi connectivity index (χ0v) is 22.6. The van der Waals surface area contributed by atoms with Crippen molar-refractivity contribution >= 4 is 17.9 Å². The Morgan fingerprint density at radius 1 is 1.21 bits per heavy atom. The maximum atomic E-state index is 13.7. The fourth-order valence-electron chi connectivity index (χ4n) is 5.58. The Kier molecular flexibility index (Phi) is 7.66. The number of ether oxygens (including phenoxy) is 1. The molecule has 202 valence electrons. The van der Waals surface area contributed by atoms with Crippen LogP contribution in [-0.2, 0) is 20.9 Å². The molecule has 0 bridgehead atoms. The van der Waals surface area contributed by atoms with Crippen LogP contribution in [0.2, 0.25) is 0 Å². The van der Waals surface area contributed by atoms with Crippen molar-refractivity contribution < 1.29 is 19.1 Å². The van der Waals surface area contributed by atoms with Crippen LogP contribution in [0.4, 0.5) is 4.79 Å². The molecule has 2 saturated heterocycles. The number of carbonyl (C=O) groups is 3. The average Bonchev–Trinajstić information content (AvgIpc) is 3.52. The van der Waals surface area contributed by atoms with E-state index in [0.717, 1.165) is 12.0 Å². The van der Waals surface area contributed by atoms with Crippen LogP contribution in [0.5, 0.6) is 0 Å². The van der Waals surface area contributed by atoms with E-state index < -0.39 is 29.8 Å². The van der Waals surface area contributed by atoms with Gasteiger partial charge in [-0.2, -0.15) is 10.5 Å². The van der Waals surface area contributed by atoms with Gasteiger partial charge in [-0.25, -0.2) is 4.79 Å². The van der Waals surface area contributed by atoms with E-state index in [0.29, 0.717) is 18.5 Å². The second-order valence-corrected chi connectivity index (χ2v) is 11.7. The number of nitrogens with one attached hydrogen (secondary N) is 2. The first-order chi connectivity index (χ1) is 17.9. The minimum absolute atomic E-state index is 0.0329. The number of piperidine rings is 1. The summed E-state index contributed by atoms with van der Waals surface area (Å²) in [4.78, 5) is 43.0. The van der Waals surface area contributed by atoms with Gasteiger partial charge in [-0.15, -0.1) is 0 Å². The van der Waals surface area contributed by atoms with Crippen LogP contribution in [0, 0.1) is 34.5 Å². The van der Waals surface area contributed by atoms with Gasteiger partial charge in [0.15, 0.2) is 0 Å². The number of rotatable bonds is 7. The molecule has 3 aliphatic rings. The largest absolute Gasteiger partial charge is 0.444 e. The van der Waals surface area contributed by atoms with Crippen LogP contribution in [0.3, 0.4) is 0 Å². The van der Waals surface area contributed by atoms with E-state index >= 15 is 0 Å². The second-order valence-electron chi connectivity index (χ2n) is 11.7. The number of amides is 3. The number of nitrogens with zero attached hydrogens (tertiary/aromatic N) is 4. The maximum Gasteiger partial charge on any atom is 0.408 e. The van der Waals surface area contributed by atoms with E-state index in [-0.39, 0.29) is 42.3 Å². The Labute approximate surface area is 223 Å². The number of alkyl carbamates (subject to hydrolysis) is 1. The van der Waals surface area contributed by atoms with Gasteiger partial charge in [0.25, 0.3) is 0 Å². The van der Waals surface area contributed by atoms with Gasteiger partial charge in [-0.3, -0.25) is 9.59 Å².